The number of benzene rings is 1. The molecule has 7 heteroatoms. The fraction of sp³-hybridized carbons (Fsp3) is 0.579. The summed E-state index contributed by atoms with van der Waals surface area (Å²) < 4.78 is 0. The second-order valence-corrected chi connectivity index (χ2v) is 7.26. The number of anilines is 1. The summed E-state index contributed by atoms with van der Waals surface area (Å²) >= 11 is 0. The predicted molar refractivity (Wildman–Crippen MR) is 104 cm³/mol. The first-order chi connectivity index (χ1) is 12.2. The van der Waals surface area contributed by atoms with Gasteiger partial charge >= 0.3 is 0 Å². The molecule has 2 amide bonds. The first-order valence-corrected chi connectivity index (χ1v) is 9.34. The van der Waals surface area contributed by atoms with Crippen LogP contribution in [0.1, 0.15) is 30.7 Å². The minimum Gasteiger partial charge on any atom is -0.369 e. The van der Waals surface area contributed by atoms with Gasteiger partial charge < -0.3 is 10.2 Å². The standard InChI is InChI=1S/C19H26N4O2.ClH/c24-18-6-5-17(19(25)21-18)14-1-3-15(4-2-14)22-9-11-23(12-10-22)16-7-8-20-13-16;/h1-4,16-17,20H,5-13H2,(H,21,24,25);1H. The fourth-order valence-electron chi connectivity index (χ4n) is 4.23. The van der Waals surface area contributed by atoms with Gasteiger partial charge in [-0.05, 0) is 37.1 Å². The smallest absolute Gasteiger partial charge is 0.234 e. The van der Waals surface area contributed by atoms with Gasteiger partial charge in [-0.3, -0.25) is 19.8 Å². The second-order valence-electron chi connectivity index (χ2n) is 7.26. The largest absolute Gasteiger partial charge is 0.369 e. The predicted octanol–water partition coefficient (Wildman–Crippen LogP) is 1.11. The van der Waals surface area contributed by atoms with E-state index in [0.717, 1.165) is 44.8 Å². The molecule has 6 nitrogen and oxygen atoms in total. The van der Waals surface area contributed by atoms with Crippen molar-refractivity contribution in [2.24, 2.45) is 0 Å². The number of amides is 2. The number of carbonyl (C=O) groups excluding carboxylic acids is 2. The van der Waals surface area contributed by atoms with Crippen LogP contribution >= 0.6 is 12.4 Å². The number of nitrogens with one attached hydrogen (secondary N) is 2. The van der Waals surface area contributed by atoms with Crippen molar-refractivity contribution in [1.29, 1.82) is 0 Å². The van der Waals surface area contributed by atoms with Gasteiger partial charge in [-0.15, -0.1) is 12.4 Å². The average molecular weight is 379 g/mol. The number of nitrogens with zero attached hydrogens (tertiary/aromatic N) is 2. The Hall–Kier alpha value is -1.63. The lowest BCUT2D eigenvalue weighted by Gasteiger charge is -2.39. The van der Waals surface area contributed by atoms with E-state index in [4.69, 9.17) is 0 Å². The Bertz CT molecular complexity index is 637. The van der Waals surface area contributed by atoms with E-state index in [1.807, 2.05) is 12.1 Å². The van der Waals surface area contributed by atoms with Crippen molar-refractivity contribution in [3.05, 3.63) is 29.8 Å². The van der Waals surface area contributed by atoms with Gasteiger partial charge in [0.05, 0.1) is 5.92 Å². The highest BCUT2D eigenvalue weighted by Gasteiger charge is 2.29. The highest BCUT2D eigenvalue weighted by molar-refractivity contribution is 6.00. The van der Waals surface area contributed by atoms with Crippen LogP contribution < -0.4 is 15.5 Å². The van der Waals surface area contributed by atoms with Crippen LogP contribution in [0, 0.1) is 0 Å². The van der Waals surface area contributed by atoms with E-state index in [2.05, 4.69) is 32.6 Å². The van der Waals surface area contributed by atoms with Crippen molar-refractivity contribution in [3.63, 3.8) is 0 Å². The molecule has 2 unspecified atom stereocenters. The first-order valence-electron chi connectivity index (χ1n) is 9.34. The number of halogens is 1. The lowest BCUT2D eigenvalue weighted by Crippen LogP contribution is -2.51. The Balaban J connectivity index is 0.00000196. The number of piperidine rings is 1. The highest BCUT2D eigenvalue weighted by atomic mass is 35.5. The Labute approximate surface area is 160 Å². The molecule has 3 heterocycles. The molecule has 3 aliphatic rings. The van der Waals surface area contributed by atoms with Gasteiger partial charge in [-0.1, -0.05) is 12.1 Å². The van der Waals surface area contributed by atoms with Crippen molar-refractivity contribution in [2.75, 3.05) is 44.2 Å². The van der Waals surface area contributed by atoms with Gasteiger partial charge in [0.2, 0.25) is 11.8 Å². The molecule has 3 saturated heterocycles. The second kappa shape index (κ2) is 8.37. The molecule has 0 aliphatic carbocycles. The normalized spacial score (nSPS) is 27.2. The Morgan fingerprint density at radius 1 is 0.962 bits per heavy atom. The van der Waals surface area contributed by atoms with Gasteiger partial charge in [0, 0.05) is 50.9 Å². The third kappa shape index (κ3) is 4.03. The molecule has 1 aromatic rings. The SMILES string of the molecule is Cl.O=C1CCC(c2ccc(N3CCN(C4CCNC4)CC3)cc2)C(=O)N1. The summed E-state index contributed by atoms with van der Waals surface area (Å²) in [6.45, 7) is 6.60. The topological polar surface area (TPSA) is 64.7 Å². The number of rotatable bonds is 3. The van der Waals surface area contributed by atoms with E-state index in [-0.39, 0.29) is 30.1 Å². The molecule has 0 aromatic heterocycles. The van der Waals surface area contributed by atoms with Crippen molar-refractivity contribution >= 4 is 29.9 Å². The molecule has 4 rings (SSSR count). The van der Waals surface area contributed by atoms with E-state index in [0.29, 0.717) is 18.9 Å². The van der Waals surface area contributed by atoms with Crippen LogP contribution in [0.5, 0.6) is 0 Å². The molecular formula is C19H27ClN4O2. The van der Waals surface area contributed by atoms with E-state index >= 15 is 0 Å². The van der Waals surface area contributed by atoms with Gasteiger partial charge in [-0.25, -0.2) is 0 Å². The lowest BCUT2D eigenvalue weighted by atomic mass is 9.90. The van der Waals surface area contributed by atoms with Crippen LogP contribution in [-0.2, 0) is 9.59 Å². The molecule has 0 radical (unpaired) electrons. The fourth-order valence-corrected chi connectivity index (χ4v) is 4.23. The van der Waals surface area contributed by atoms with Gasteiger partial charge in [0.1, 0.15) is 0 Å². The molecule has 142 valence electrons. The summed E-state index contributed by atoms with van der Waals surface area (Å²) in [5, 5.41) is 5.89. The summed E-state index contributed by atoms with van der Waals surface area (Å²) in [6.07, 6.45) is 2.30. The lowest BCUT2D eigenvalue weighted by molar-refractivity contribution is -0.134. The minimum absolute atomic E-state index is 0. The molecular weight excluding hydrogens is 352 g/mol. The van der Waals surface area contributed by atoms with Crippen LogP contribution in [0.25, 0.3) is 0 Å². The Kier molecular flexibility index (Phi) is 6.16. The number of carbonyl (C=O) groups is 2. The highest BCUT2D eigenvalue weighted by Crippen LogP contribution is 2.27. The van der Waals surface area contributed by atoms with E-state index in [1.165, 1.54) is 12.1 Å². The maximum Gasteiger partial charge on any atom is 0.234 e. The molecule has 1 aromatic carbocycles. The zero-order valence-electron chi connectivity index (χ0n) is 14.9. The average Bonchev–Trinajstić information content (AvgIpc) is 3.17. The number of hydrogen-bond donors (Lipinski definition) is 2. The Morgan fingerprint density at radius 3 is 2.31 bits per heavy atom. The summed E-state index contributed by atoms with van der Waals surface area (Å²) in [4.78, 5) is 28.3. The van der Waals surface area contributed by atoms with Crippen molar-refractivity contribution in [1.82, 2.24) is 15.5 Å². The third-order valence-electron chi connectivity index (χ3n) is 5.76. The quantitative estimate of drug-likeness (QED) is 0.771. The summed E-state index contributed by atoms with van der Waals surface area (Å²) in [6, 6.07) is 9.03. The van der Waals surface area contributed by atoms with Gasteiger partial charge in [0.25, 0.3) is 0 Å². The number of piperazine rings is 1. The summed E-state index contributed by atoms with van der Waals surface area (Å²) in [5.41, 5.74) is 2.23. The van der Waals surface area contributed by atoms with Crippen LogP contribution in [0.4, 0.5) is 5.69 Å². The van der Waals surface area contributed by atoms with Crippen LogP contribution in [0.15, 0.2) is 24.3 Å². The molecule has 0 saturated carbocycles. The number of hydrogen-bond acceptors (Lipinski definition) is 5. The zero-order chi connectivity index (χ0) is 17.2. The van der Waals surface area contributed by atoms with Gasteiger partial charge in [0.15, 0.2) is 0 Å². The Morgan fingerprint density at radius 2 is 1.69 bits per heavy atom. The van der Waals surface area contributed by atoms with E-state index in [1.54, 1.807) is 0 Å². The van der Waals surface area contributed by atoms with Crippen molar-refractivity contribution in [3.8, 4) is 0 Å². The van der Waals surface area contributed by atoms with Crippen LogP contribution in [-0.4, -0.2) is 62.0 Å². The minimum atomic E-state index is -0.196. The van der Waals surface area contributed by atoms with E-state index < -0.39 is 0 Å². The zero-order valence-corrected chi connectivity index (χ0v) is 15.8. The first kappa shape index (κ1) is 19.1. The molecule has 3 aliphatic heterocycles. The molecule has 0 spiro atoms. The molecule has 2 N–H and O–H groups in total. The summed E-state index contributed by atoms with van der Waals surface area (Å²) in [5.74, 6) is -0.519. The number of imide groups is 1. The monoisotopic (exact) mass is 378 g/mol. The molecule has 26 heavy (non-hydrogen) atoms. The van der Waals surface area contributed by atoms with Crippen LogP contribution in [0.2, 0.25) is 0 Å². The van der Waals surface area contributed by atoms with Gasteiger partial charge in [-0.2, -0.15) is 0 Å². The molecule has 3 fully saturated rings. The van der Waals surface area contributed by atoms with Crippen molar-refractivity contribution < 1.29 is 9.59 Å². The maximum absolute atomic E-state index is 12.0. The third-order valence-corrected chi connectivity index (χ3v) is 5.76. The van der Waals surface area contributed by atoms with Crippen LogP contribution in [0.3, 0.4) is 0 Å². The summed E-state index contributed by atoms with van der Waals surface area (Å²) in [7, 11) is 0. The molecule has 0 bridgehead atoms. The molecule has 2 atom stereocenters. The van der Waals surface area contributed by atoms with E-state index in [9.17, 15) is 9.59 Å². The van der Waals surface area contributed by atoms with Crippen molar-refractivity contribution in [2.45, 2.75) is 31.2 Å². The maximum atomic E-state index is 12.0.